The number of aliphatic hydroxyl groups is 2. The van der Waals surface area contributed by atoms with Crippen molar-refractivity contribution >= 4 is 0 Å². The first-order chi connectivity index (χ1) is 5.36. The van der Waals surface area contributed by atoms with E-state index in [0.29, 0.717) is 13.2 Å². The molecule has 11 heavy (non-hydrogen) atoms. The molecule has 0 bridgehead atoms. The number of rotatable bonds is 6. The first-order valence-electron chi connectivity index (χ1n) is 3.78. The van der Waals surface area contributed by atoms with Crippen LogP contribution in [0.15, 0.2) is 0 Å². The summed E-state index contributed by atoms with van der Waals surface area (Å²) in [6.07, 6.45) is 0.257. The Balaban J connectivity index is 1.90. The Hall–Kier alpha value is -0.160. The second kappa shape index (κ2) is 4.66. The van der Waals surface area contributed by atoms with E-state index >= 15 is 0 Å². The molecule has 0 saturated carbocycles. The van der Waals surface area contributed by atoms with E-state index in [-0.39, 0.29) is 25.2 Å². The molecule has 2 N–H and O–H groups in total. The van der Waals surface area contributed by atoms with Gasteiger partial charge in [0.15, 0.2) is 0 Å². The van der Waals surface area contributed by atoms with Gasteiger partial charge in [0.1, 0.15) is 6.10 Å². The van der Waals surface area contributed by atoms with Gasteiger partial charge in [0.25, 0.3) is 0 Å². The molecule has 1 saturated heterocycles. The second-order valence-corrected chi connectivity index (χ2v) is 2.72. The van der Waals surface area contributed by atoms with Gasteiger partial charge < -0.3 is 19.7 Å². The highest BCUT2D eigenvalue weighted by atomic mass is 16.6. The fourth-order valence-electron chi connectivity index (χ4n) is 0.694. The number of hydrogen-bond donors (Lipinski definition) is 2. The topological polar surface area (TPSA) is 62.2 Å². The molecule has 1 atom stereocenters. The van der Waals surface area contributed by atoms with Gasteiger partial charge in [-0.05, 0) is 0 Å². The largest absolute Gasteiger partial charge is 0.396 e. The average Bonchev–Trinajstić information content (AvgIpc) is 2.82. The highest BCUT2D eigenvalue weighted by molar-refractivity contribution is 4.67. The third kappa shape index (κ3) is 3.67. The van der Waals surface area contributed by atoms with Crippen molar-refractivity contribution in [1.29, 1.82) is 0 Å². The van der Waals surface area contributed by atoms with Crippen LogP contribution < -0.4 is 0 Å². The van der Waals surface area contributed by atoms with E-state index in [4.69, 9.17) is 19.7 Å². The molecule has 66 valence electrons. The molecule has 0 aromatic heterocycles. The summed E-state index contributed by atoms with van der Waals surface area (Å²) >= 11 is 0. The summed E-state index contributed by atoms with van der Waals surface area (Å²) in [6.45, 7) is 1.72. The van der Waals surface area contributed by atoms with Gasteiger partial charge in [-0.15, -0.1) is 0 Å². The molecule has 1 aliphatic rings. The fourth-order valence-corrected chi connectivity index (χ4v) is 0.694. The Kier molecular flexibility index (Phi) is 3.79. The molecule has 4 heteroatoms. The van der Waals surface area contributed by atoms with Crippen LogP contribution in [0.3, 0.4) is 0 Å². The lowest BCUT2D eigenvalue weighted by atomic mass is 10.2. The van der Waals surface area contributed by atoms with Crippen molar-refractivity contribution in [2.24, 2.45) is 5.92 Å². The molecule has 0 aliphatic carbocycles. The Labute approximate surface area is 65.7 Å². The minimum atomic E-state index is -0.145. The van der Waals surface area contributed by atoms with Gasteiger partial charge in [0, 0.05) is 5.92 Å². The van der Waals surface area contributed by atoms with E-state index in [2.05, 4.69) is 0 Å². The van der Waals surface area contributed by atoms with Crippen molar-refractivity contribution < 1.29 is 19.7 Å². The number of hydrogen-bond acceptors (Lipinski definition) is 4. The smallest absolute Gasteiger partial charge is 0.104 e. The van der Waals surface area contributed by atoms with E-state index in [1.54, 1.807) is 0 Å². The first kappa shape index (κ1) is 8.93. The molecule has 1 heterocycles. The van der Waals surface area contributed by atoms with Crippen LogP contribution in [-0.2, 0) is 9.47 Å². The molecular weight excluding hydrogens is 148 g/mol. The van der Waals surface area contributed by atoms with Crippen LogP contribution in [0.1, 0.15) is 0 Å². The van der Waals surface area contributed by atoms with Gasteiger partial charge >= 0.3 is 0 Å². The number of epoxide rings is 1. The van der Waals surface area contributed by atoms with Gasteiger partial charge in [-0.25, -0.2) is 0 Å². The van der Waals surface area contributed by atoms with Gasteiger partial charge in [-0.2, -0.15) is 0 Å². The van der Waals surface area contributed by atoms with Crippen LogP contribution in [-0.4, -0.2) is 49.4 Å². The van der Waals surface area contributed by atoms with Crippen molar-refractivity contribution in [3.8, 4) is 0 Å². The molecule has 0 radical (unpaired) electrons. The molecule has 0 amide bonds. The quantitative estimate of drug-likeness (QED) is 0.492. The summed E-state index contributed by atoms with van der Waals surface area (Å²) < 4.78 is 10.1. The molecular formula is C7H14O4. The lowest BCUT2D eigenvalue weighted by molar-refractivity contribution is 0.0387. The maximum Gasteiger partial charge on any atom is 0.104 e. The zero-order chi connectivity index (χ0) is 8.10. The van der Waals surface area contributed by atoms with Crippen molar-refractivity contribution in [3.63, 3.8) is 0 Å². The molecule has 1 aliphatic heterocycles. The van der Waals surface area contributed by atoms with E-state index < -0.39 is 0 Å². The van der Waals surface area contributed by atoms with E-state index in [0.717, 1.165) is 6.61 Å². The SMILES string of the molecule is OCC(CO)COCC1CO1. The van der Waals surface area contributed by atoms with Crippen LogP contribution >= 0.6 is 0 Å². The summed E-state index contributed by atoms with van der Waals surface area (Å²) in [6, 6.07) is 0. The maximum atomic E-state index is 8.64. The zero-order valence-corrected chi connectivity index (χ0v) is 6.40. The van der Waals surface area contributed by atoms with Crippen molar-refractivity contribution in [3.05, 3.63) is 0 Å². The Bertz CT molecular complexity index is 98.6. The van der Waals surface area contributed by atoms with Crippen LogP contribution in [0.25, 0.3) is 0 Å². The highest BCUT2D eigenvalue weighted by Crippen LogP contribution is 2.09. The lowest BCUT2D eigenvalue weighted by Gasteiger charge is -2.09. The second-order valence-electron chi connectivity index (χ2n) is 2.72. The molecule has 0 spiro atoms. The van der Waals surface area contributed by atoms with E-state index in [1.165, 1.54) is 0 Å². The fraction of sp³-hybridized carbons (Fsp3) is 1.00. The third-order valence-corrected chi connectivity index (χ3v) is 1.58. The standard InChI is InChI=1S/C7H14O4/c8-1-6(2-9)3-10-4-7-5-11-7/h6-9H,1-5H2. The third-order valence-electron chi connectivity index (χ3n) is 1.58. The Morgan fingerprint density at radius 3 is 2.55 bits per heavy atom. The zero-order valence-electron chi connectivity index (χ0n) is 6.40. The highest BCUT2D eigenvalue weighted by Gasteiger charge is 2.22. The van der Waals surface area contributed by atoms with E-state index in [1.807, 2.05) is 0 Å². The maximum absolute atomic E-state index is 8.64. The Morgan fingerprint density at radius 2 is 2.09 bits per heavy atom. The predicted molar refractivity (Wildman–Crippen MR) is 38.2 cm³/mol. The van der Waals surface area contributed by atoms with Crippen molar-refractivity contribution in [2.75, 3.05) is 33.0 Å². The summed E-state index contributed by atoms with van der Waals surface area (Å²) in [4.78, 5) is 0. The predicted octanol–water partition coefficient (Wildman–Crippen LogP) is -0.997. The van der Waals surface area contributed by atoms with Gasteiger partial charge in [-0.3, -0.25) is 0 Å². The average molecular weight is 162 g/mol. The minimum absolute atomic E-state index is 0.0258. The summed E-state index contributed by atoms with van der Waals surface area (Å²) in [5.74, 6) is -0.145. The summed E-state index contributed by atoms with van der Waals surface area (Å²) in [5.41, 5.74) is 0. The molecule has 4 nitrogen and oxygen atoms in total. The molecule has 1 rings (SSSR count). The minimum Gasteiger partial charge on any atom is -0.396 e. The van der Waals surface area contributed by atoms with Crippen molar-refractivity contribution in [2.45, 2.75) is 6.10 Å². The molecule has 0 aromatic rings. The van der Waals surface area contributed by atoms with Crippen LogP contribution in [0.2, 0.25) is 0 Å². The first-order valence-corrected chi connectivity index (χ1v) is 3.78. The molecule has 1 unspecified atom stereocenters. The number of ether oxygens (including phenoxy) is 2. The van der Waals surface area contributed by atoms with Crippen LogP contribution in [0.5, 0.6) is 0 Å². The Morgan fingerprint density at radius 1 is 1.45 bits per heavy atom. The normalized spacial score (nSPS) is 22.6. The lowest BCUT2D eigenvalue weighted by Crippen LogP contribution is -2.19. The van der Waals surface area contributed by atoms with Crippen LogP contribution in [0, 0.1) is 5.92 Å². The van der Waals surface area contributed by atoms with Gasteiger partial charge in [-0.1, -0.05) is 0 Å². The van der Waals surface area contributed by atoms with Crippen molar-refractivity contribution in [1.82, 2.24) is 0 Å². The number of aliphatic hydroxyl groups excluding tert-OH is 2. The molecule has 0 aromatic carbocycles. The monoisotopic (exact) mass is 162 g/mol. The molecule has 1 fully saturated rings. The van der Waals surface area contributed by atoms with E-state index in [9.17, 15) is 0 Å². The van der Waals surface area contributed by atoms with Gasteiger partial charge in [0.2, 0.25) is 0 Å². The summed E-state index contributed by atoms with van der Waals surface area (Å²) in [5, 5.41) is 17.3. The summed E-state index contributed by atoms with van der Waals surface area (Å²) in [7, 11) is 0. The van der Waals surface area contributed by atoms with Crippen LogP contribution in [0.4, 0.5) is 0 Å². The van der Waals surface area contributed by atoms with Gasteiger partial charge in [0.05, 0.1) is 33.0 Å².